The second-order valence-corrected chi connectivity index (χ2v) is 4.59. The van der Waals surface area contributed by atoms with Gasteiger partial charge in [-0.25, -0.2) is 0 Å². The molecule has 0 atom stereocenters. The van der Waals surface area contributed by atoms with Gasteiger partial charge in [-0.1, -0.05) is 0 Å². The summed E-state index contributed by atoms with van der Waals surface area (Å²) in [7, 11) is 0. The quantitative estimate of drug-likeness (QED) is 0.864. The molecular weight excluding hydrogens is 254 g/mol. The standard InChI is InChI=1S/C13H13N7/c14-6-9-5-10(8-16-7-9)11-17-12(15)19-13(18-11)20-3-1-2-4-20/h5,7-8H,1-4H2,(H2,15,17,18,19). The van der Waals surface area contributed by atoms with Crippen LogP contribution in [-0.2, 0) is 0 Å². The van der Waals surface area contributed by atoms with Gasteiger partial charge < -0.3 is 10.6 Å². The molecule has 0 saturated carbocycles. The van der Waals surface area contributed by atoms with Gasteiger partial charge in [0.15, 0.2) is 5.82 Å². The maximum atomic E-state index is 8.91. The second kappa shape index (κ2) is 5.09. The molecule has 0 bridgehead atoms. The Bertz CT molecular complexity index is 671. The fourth-order valence-electron chi connectivity index (χ4n) is 2.19. The number of nitrogen functional groups attached to an aromatic ring is 1. The lowest BCUT2D eigenvalue weighted by Crippen LogP contribution is -2.21. The van der Waals surface area contributed by atoms with Crippen molar-refractivity contribution < 1.29 is 0 Å². The highest BCUT2D eigenvalue weighted by molar-refractivity contribution is 5.58. The second-order valence-electron chi connectivity index (χ2n) is 4.59. The Morgan fingerprint density at radius 1 is 1.15 bits per heavy atom. The molecule has 1 saturated heterocycles. The topological polar surface area (TPSA) is 105 Å². The molecule has 20 heavy (non-hydrogen) atoms. The van der Waals surface area contributed by atoms with Crippen LogP contribution in [0.3, 0.4) is 0 Å². The van der Waals surface area contributed by atoms with E-state index in [0.717, 1.165) is 25.9 Å². The van der Waals surface area contributed by atoms with Crippen molar-refractivity contribution in [3.8, 4) is 17.5 Å². The largest absolute Gasteiger partial charge is 0.368 e. The van der Waals surface area contributed by atoms with Crippen LogP contribution in [0.15, 0.2) is 18.5 Å². The van der Waals surface area contributed by atoms with Crippen molar-refractivity contribution in [1.82, 2.24) is 19.9 Å². The minimum Gasteiger partial charge on any atom is -0.368 e. The van der Waals surface area contributed by atoms with Gasteiger partial charge in [0.05, 0.1) is 5.56 Å². The lowest BCUT2D eigenvalue weighted by atomic mass is 10.2. The van der Waals surface area contributed by atoms with Crippen LogP contribution in [0.1, 0.15) is 18.4 Å². The maximum absolute atomic E-state index is 8.91. The Labute approximate surface area is 116 Å². The summed E-state index contributed by atoms with van der Waals surface area (Å²) in [6.45, 7) is 1.86. The summed E-state index contributed by atoms with van der Waals surface area (Å²) in [4.78, 5) is 18.8. The molecule has 2 aromatic rings. The number of hydrogen-bond acceptors (Lipinski definition) is 7. The molecule has 0 aliphatic carbocycles. The lowest BCUT2D eigenvalue weighted by Gasteiger charge is -2.15. The van der Waals surface area contributed by atoms with Crippen molar-refractivity contribution >= 4 is 11.9 Å². The highest BCUT2D eigenvalue weighted by Gasteiger charge is 2.17. The van der Waals surface area contributed by atoms with Crippen molar-refractivity contribution in [2.24, 2.45) is 0 Å². The van der Waals surface area contributed by atoms with Crippen LogP contribution in [0.5, 0.6) is 0 Å². The maximum Gasteiger partial charge on any atom is 0.230 e. The van der Waals surface area contributed by atoms with Crippen LogP contribution in [0.25, 0.3) is 11.4 Å². The van der Waals surface area contributed by atoms with Gasteiger partial charge >= 0.3 is 0 Å². The smallest absolute Gasteiger partial charge is 0.230 e. The zero-order valence-corrected chi connectivity index (χ0v) is 10.8. The average molecular weight is 267 g/mol. The van der Waals surface area contributed by atoms with Gasteiger partial charge in [-0.05, 0) is 18.9 Å². The SMILES string of the molecule is N#Cc1cncc(-c2nc(N)nc(N3CCCC3)n2)c1. The molecule has 1 aliphatic rings. The molecule has 0 aromatic carbocycles. The molecule has 0 spiro atoms. The number of pyridine rings is 1. The van der Waals surface area contributed by atoms with Gasteiger partial charge in [-0.2, -0.15) is 20.2 Å². The number of hydrogen-bond donors (Lipinski definition) is 1. The summed E-state index contributed by atoms with van der Waals surface area (Å²) in [5.74, 6) is 1.22. The van der Waals surface area contributed by atoms with E-state index in [2.05, 4.69) is 24.8 Å². The van der Waals surface area contributed by atoms with Crippen LogP contribution in [0.2, 0.25) is 0 Å². The first-order valence-corrected chi connectivity index (χ1v) is 6.38. The molecule has 3 rings (SSSR count). The van der Waals surface area contributed by atoms with Crippen molar-refractivity contribution in [2.75, 3.05) is 23.7 Å². The fraction of sp³-hybridized carbons (Fsp3) is 0.308. The molecule has 100 valence electrons. The number of nitrogens with two attached hydrogens (primary N) is 1. The molecule has 7 nitrogen and oxygen atoms in total. The van der Waals surface area contributed by atoms with Gasteiger partial charge in [0.2, 0.25) is 11.9 Å². The third kappa shape index (κ3) is 2.36. The van der Waals surface area contributed by atoms with Crippen molar-refractivity contribution in [1.29, 1.82) is 5.26 Å². The number of aromatic nitrogens is 4. The highest BCUT2D eigenvalue weighted by Crippen LogP contribution is 2.21. The molecule has 7 heteroatoms. The van der Waals surface area contributed by atoms with E-state index in [0.29, 0.717) is 22.9 Å². The average Bonchev–Trinajstić information content (AvgIpc) is 3.01. The first kappa shape index (κ1) is 12.3. The van der Waals surface area contributed by atoms with E-state index in [9.17, 15) is 0 Å². The Morgan fingerprint density at radius 3 is 2.70 bits per heavy atom. The molecule has 2 aromatic heterocycles. The van der Waals surface area contributed by atoms with Gasteiger partial charge in [-0.15, -0.1) is 0 Å². The van der Waals surface area contributed by atoms with Crippen molar-refractivity contribution in [3.05, 3.63) is 24.0 Å². The van der Waals surface area contributed by atoms with E-state index in [-0.39, 0.29) is 5.95 Å². The summed E-state index contributed by atoms with van der Waals surface area (Å²) in [6, 6.07) is 3.74. The zero-order chi connectivity index (χ0) is 13.9. The van der Waals surface area contributed by atoms with E-state index >= 15 is 0 Å². The minimum atomic E-state index is 0.180. The molecule has 1 aliphatic heterocycles. The Kier molecular flexibility index (Phi) is 3.13. The highest BCUT2D eigenvalue weighted by atomic mass is 15.3. The summed E-state index contributed by atoms with van der Waals surface area (Å²) in [5, 5.41) is 8.91. The molecule has 1 fully saturated rings. The third-order valence-electron chi connectivity index (χ3n) is 3.16. The Hall–Kier alpha value is -2.75. The summed E-state index contributed by atoms with van der Waals surface area (Å²) >= 11 is 0. The minimum absolute atomic E-state index is 0.180. The van der Waals surface area contributed by atoms with Crippen molar-refractivity contribution in [3.63, 3.8) is 0 Å². The number of nitriles is 1. The molecular formula is C13H13N7. The van der Waals surface area contributed by atoms with Crippen LogP contribution in [-0.4, -0.2) is 33.0 Å². The molecule has 2 N–H and O–H groups in total. The van der Waals surface area contributed by atoms with Gasteiger partial charge in [0.25, 0.3) is 0 Å². The normalized spacial score (nSPS) is 14.2. The van der Waals surface area contributed by atoms with E-state index < -0.39 is 0 Å². The van der Waals surface area contributed by atoms with E-state index in [1.54, 1.807) is 12.3 Å². The van der Waals surface area contributed by atoms with Crippen LogP contribution in [0.4, 0.5) is 11.9 Å². The molecule has 3 heterocycles. The first-order valence-electron chi connectivity index (χ1n) is 6.38. The molecule has 0 radical (unpaired) electrons. The Morgan fingerprint density at radius 2 is 1.95 bits per heavy atom. The molecule has 0 unspecified atom stereocenters. The summed E-state index contributed by atoms with van der Waals surface area (Å²) in [5.41, 5.74) is 6.89. The summed E-state index contributed by atoms with van der Waals surface area (Å²) in [6.07, 6.45) is 5.37. The predicted molar refractivity (Wildman–Crippen MR) is 73.6 cm³/mol. The molecule has 0 amide bonds. The van der Waals surface area contributed by atoms with Crippen LogP contribution in [0, 0.1) is 11.3 Å². The third-order valence-corrected chi connectivity index (χ3v) is 3.16. The van der Waals surface area contributed by atoms with Crippen LogP contribution < -0.4 is 10.6 Å². The van der Waals surface area contributed by atoms with E-state index in [4.69, 9.17) is 11.0 Å². The zero-order valence-electron chi connectivity index (χ0n) is 10.8. The predicted octanol–water partition coefficient (Wildman–Crippen LogP) is 0.988. The van der Waals surface area contributed by atoms with Gasteiger partial charge in [0.1, 0.15) is 6.07 Å². The Balaban J connectivity index is 2.02. The fourth-order valence-corrected chi connectivity index (χ4v) is 2.19. The van der Waals surface area contributed by atoms with Gasteiger partial charge in [0, 0.05) is 31.0 Å². The number of nitrogens with zero attached hydrogens (tertiary/aromatic N) is 6. The number of rotatable bonds is 2. The monoisotopic (exact) mass is 267 g/mol. The lowest BCUT2D eigenvalue weighted by molar-refractivity contribution is 0.887. The summed E-state index contributed by atoms with van der Waals surface area (Å²) < 4.78 is 0. The van der Waals surface area contributed by atoms with E-state index in [1.165, 1.54) is 6.20 Å². The van der Waals surface area contributed by atoms with E-state index in [1.807, 2.05) is 6.07 Å². The number of anilines is 2. The van der Waals surface area contributed by atoms with Crippen molar-refractivity contribution in [2.45, 2.75) is 12.8 Å². The van der Waals surface area contributed by atoms with Crippen LogP contribution >= 0.6 is 0 Å². The van der Waals surface area contributed by atoms with Gasteiger partial charge in [-0.3, -0.25) is 4.98 Å². The first-order chi connectivity index (χ1) is 9.76.